The lowest BCUT2D eigenvalue weighted by Gasteiger charge is -2.11. The summed E-state index contributed by atoms with van der Waals surface area (Å²) in [5.41, 5.74) is 4.75. The third kappa shape index (κ3) is 3.87. The molecule has 0 saturated heterocycles. The van der Waals surface area contributed by atoms with Crippen LogP contribution in [-0.2, 0) is 31.0 Å². The zero-order chi connectivity index (χ0) is 15.9. The van der Waals surface area contributed by atoms with Crippen molar-refractivity contribution in [3.8, 4) is 5.75 Å². The number of methoxy groups -OCH3 is 2. The first-order chi connectivity index (χ1) is 10.7. The molecule has 1 heterocycles. The molecule has 0 radical (unpaired) electrons. The molecule has 0 aliphatic heterocycles. The molecule has 0 saturated carbocycles. The molecule has 1 aromatic heterocycles. The van der Waals surface area contributed by atoms with Gasteiger partial charge in [0.15, 0.2) is 0 Å². The van der Waals surface area contributed by atoms with Crippen LogP contribution in [0.15, 0.2) is 24.4 Å². The van der Waals surface area contributed by atoms with Gasteiger partial charge in [0, 0.05) is 43.6 Å². The van der Waals surface area contributed by atoms with Crippen molar-refractivity contribution < 1.29 is 9.47 Å². The van der Waals surface area contributed by atoms with Crippen LogP contribution in [0.1, 0.15) is 29.3 Å². The quantitative estimate of drug-likeness (QED) is 0.814. The minimum Gasteiger partial charge on any atom is -0.496 e. The Bertz CT molecular complexity index is 608. The molecule has 5 heteroatoms. The second-order valence-electron chi connectivity index (χ2n) is 5.25. The molecule has 0 amide bonds. The Kier molecular flexibility index (Phi) is 5.98. The number of rotatable bonds is 8. The predicted octanol–water partition coefficient (Wildman–Crippen LogP) is 2.66. The summed E-state index contributed by atoms with van der Waals surface area (Å²) in [6.07, 6.45) is 1.94. The summed E-state index contributed by atoms with van der Waals surface area (Å²) in [6.45, 7) is 7.29. The van der Waals surface area contributed by atoms with E-state index in [0.29, 0.717) is 6.61 Å². The van der Waals surface area contributed by atoms with Crippen molar-refractivity contribution >= 4 is 0 Å². The Hall–Kier alpha value is -1.85. The minimum atomic E-state index is 0.555. The number of nitrogens with one attached hydrogen (secondary N) is 1. The fourth-order valence-electron chi connectivity index (χ4n) is 2.53. The monoisotopic (exact) mass is 303 g/mol. The summed E-state index contributed by atoms with van der Waals surface area (Å²) in [4.78, 5) is 0. The standard InChI is InChI=1S/C17H25N3O2/c1-5-20-13(2)16(11-19-20)10-18-9-14-6-7-17(22-4)15(8-14)12-21-3/h6-8,11,18H,5,9-10,12H2,1-4H3. The topological polar surface area (TPSA) is 48.3 Å². The largest absolute Gasteiger partial charge is 0.496 e. The van der Waals surface area contributed by atoms with Crippen molar-refractivity contribution in [3.63, 3.8) is 0 Å². The van der Waals surface area contributed by atoms with Crippen molar-refractivity contribution in [1.29, 1.82) is 0 Å². The van der Waals surface area contributed by atoms with Gasteiger partial charge < -0.3 is 14.8 Å². The molecule has 0 aliphatic rings. The molecule has 22 heavy (non-hydrogen) atoms. The van der Waals surface area contributed by atoms with E-state index in [0.717, 1.165) is 30.9 Å². The number of nitrogens with zero attached hydrogens (tertiary/aromatic N) is 2. The second-order valence-corrected chi connectivity index (χ2v) is 5.25. The fraction of sp³-hybridized carbons (Fsp3) is 0.471. The van der Waals surface area contributed by atoms with E-state index in [2.05, 4.69) is 36.4 Å². The average Bonchev–Trinajstić information content (AvgIpc) is 2.88. The van der Waals surface area contributed by atoms with Crippen LogP contribution in [0, 0.1) is 6.92 Å². The van der Waals surface area contributed by atoms with Crippen LogP contribution in [-0.4, -0.2) is 24.0 Å². The number of hydrogen-bond acceptors (Lipinski definition) is 4. The number of aryl methyl sites for hydroxylation is 1. The summed E-state index contributed by atoms with van der Waals surface area (Å²) in [6, 6.07) is 6.19. The minimum absolute atomic E-state index is 0.555. The zero-order valence-corrected chi connectivity index (χ0v) is 13.8. The Morgan fingerprint density at radius 2 is 2.00 bits per heavy atom. The Balaban J connectivity index is 1.96. The lowest BCUT2D eigenvalue weighted by Crippen LogP contribution is -2.13. The molecule has 2 rings (SSSR count). The maximum atomic E-state index is 5.35. The average molecular weight is 303 g/mol. The third-order valence-corrected chi connectivity index (χ3v) is 3.79. The lowest BCUT2D eigenvalue weighted by atomic mass is 10.1. The van der Waals surface area contributed by atoms with Gasteiger partial charge in [-0.05, 0) is 31.5 Å². The first kappa shape index (κ1) is 16.5. The summed E-state index contributed by atoms with van der Waals surface area (Å²) in [7, 11) is 3.37. The van der Waals surface area contributed by atoms with E-state index in [1.807, 2.05) is 16.9 Å². The van der Waals surface area contributed by atoms with Crippen molar-refractivity contribution in [2.75, 3.05) is 14.2 Å². The molecule has 0 aliphatic carbocycles. The highest BCUT2D eigenvalue weighted by Gasteiger charge is 2.06. The van der Waals surface area contributed by atoms with E-state index in [9.17, 15) is 0 Å². The smallest absolute Gasteiger partial charge is 0.124 e. The highest BCUT2D eigenvalue weighted by molar-refractivity contribution is 5.37. The number of benzene rings is 1. The maximum Gasteiger partial charge on any atom is 0.124 e. The molecular weight excluding hydrogens is 278 g/mol. The summed E-state index contributed by atoms with van der Waals surface area (Å²) >= 11 is 0. The van der Waals surface area contributed by atoms with Gasteiger partial charge in [0.2, 0.25) is 0 Å². The van der Waals surface area contributed by atoms with E-state index in [-0.39, 0.29) is 0 Å². The van der Waals surface area contributed by atoms with E-state index < -0.39 is 0 Å². The molecule has 1 aromatic carbocycles. The van der Waals surface area contributed by atoms with Gasteiger partial charge in [-0.15, -0.1) is 0 Å². The Morgan fingerprint density at radius 3 is 2.64 bits per heavy atom. The van der Waals surface area contributed by atoms with Gasteiger partial charge in [0.25, 0.3) is 0 Å². The van der Waals surface area contributed by atoms with Gasteiger partial charge in [0.05, 0.1) is 19.9 Å². The molecule has 2 aromatic rings. The third-order valence-electron chi connectivity index (χ3n) is 3.79. The van der Waals surface area contributed by atoms with Crippen molar-refractivity contribution in [3.05, 3.63) is 46.8 Å². The highest BCUT2D eigenvalue weighted by Crippen LogP contribution is 2.20. The molecule has 0 unspecified atom stereocenters. The first-order valence-electron chi connectivity index (χ1n) is 7.56. The molecule has 0 spiro atoms. The van der Waals surface area contributed by atoms with E-state index in [4.69, 9.17) is 9.47 Å². The molecular formula is C17H25N3O2. The molecule has 0 bridgehead atoms. The van der Waals surface area contributed by atoms with Crippen LogP contribution in [0.25, 0.3) is 0 Å². The Morgan fingerprint density at radius 1 is 1.18 bits per heavy atom. The first-order valence-corrected chi connectivity index (χ1v) is 7.56. The van der Waals surface area contributed by atoms with Crippen LogP contribution < -0.4 is 10.1 Å². The molecule has 0 fully saturated rings. The molecule has 0 atom stereocenters. The number of aromatic nitrogens is 2. The highest BCUT2D eigenvalue weighted by atomic mass is 16.5. The van der Waals surface area contributed by atoms with Gasteiger partial charge in [-0.25, -0.2) is 0 Å². The van der Waals surface area contributed by atoms with Crippen molar-refractivity contribution in [2.24, 2.45) is 0 Å². The van der Waals surface area contributed by atoms with Gasteiger partial charge in [-0.3, -0.25) is 4.68 Å². The SMILES string of the molecule is CCn1ncc(CNCc2ccc(OC)c(COC)c2)c1C. The van der Waals surface area contributed by atoms with Crippen LogP contribution in [0.4, 0.5) is 0 Å². The summed E-state index contributed by atoms with van der Waals surface area (Å²) in [5.74, 6) is 0.866. The zero-order valence-electron chi connectivity index (χ0n) is 13.8. The van der Waals surface area contributed by atoms with Gasteiger partial charge >= 0.3 is 0 Å². The summed E-state index contributed by atoms with van der Waals surface area (Å²) < 4.78 is 12.6. The second kappa shape index (κ2) is 7.96. The lowest BCUT2D eigenvalue weighted by molar-refractivity contribution is 0.181. The van der Waals surface area contributed by atoms with Crippen LogP contribution >= 0.6 is 0 Å². The predicted molar refractivity (Wildman–Crippen MR) is 86.9 cm³/mol. The maximum absolute atomic E-state index is 5.35. The van der Waals surface area contributed by atoms with Crippen LogP contribution in [0.5, 0.6) is 5.75 Å². The van der Waals surface area contributed by atoms with Gasteiger partial charge in [-0.2, -0.15) is 5.10 Å². The molecule has 5 nitrogen and oxygen atoms in total. The van der Waals surface area contributed by atoms with Gasteiger partial charge in [-0.1, -0.05) is 6.07 Å². The molecule has 1 N–H and O–H groups in total. The van der Waals surface area contributed by atoms with Crippen LogP contribution in [0.2, 0.25) is 0 Å². The van der Waals surface area contributed by atoms with E-state index >= 15 is 0 Å². The number of hydrogen-bond donors (Lipinski definition) is 1. The Labute approximate surface area is 132 Å². The number of ether oxygens (including phenoxy) is 2. The van der Waals surface area contributed by atoms with Gasteiger partial charge in [0.1, 0.15) is 5.75 Å². The van der Waals surface area contributed by atoms with E-state index in [1.165, 1.54) is 16.8 Å². The normalized spacial score (nSPS) is 10.9. The summed E-state index contributed by atoms with van der Waals surface area (Å²) in [5, 5.41) is 7.83. The van der Waals surface area contributed by atoms with E-state index in [1.54, 1.807) is 14.2 Å². The van der Waals surface area contributed by atoms with Crippen LogP contribution in [0.3, 0.4) is 0 Å². The van der Waals surface area contributed by atoms with Crippen molar-refractivity contribution in [2.45, 2.75) is 40.1 Å². The van der Waals surface area contributed by atoms with Crippen molar-refractivity contribution in [1.82, 2.24) is 15.1 Å². The molecule has 120 valence electrons. The fourth-order valence-corrected chi connectivity index (χ4v) is 2.53.